The second-order valence-electron chi connectivity index (χ2n) is 21.7. The summed E-state index contributed by atoms with van der Waals surface area (Å²) in [5.74, 6) is -1.28. The minimum absolute atomic E-state index is 0.0243. The number of hydrogen-bond acceptors (Lipinski definition) is 43. The second kappa shape index (κ2) is 27.3. The van der Waals surface area contributed by atoms with Gasteiger partial charge in [-0.15, -0.1) is 0 Å². The molecule has 0 spiro atoms. The largest absolute Gasteiger partial charge is 0.780 e. The van der Waals surface area contributed by atoms with Crippen molar-refractivity contribution in [3.05, 3.63) is 62.7 Å². The number of nitrogens with two attached hydrogens (primary N) is 4. The van der Waals surface area contributed by atoms with Gasteiger partial charge in [-0.1, -0.05) is 16.8 Å². The number of rotatable bonds is 26. The van der Waals surface area contributed by atoms with Gasteiger partial charge in [0.2, 0.25) is 23.6 Å². The number of anilines is 4. The first kappa shape index (κ1) is 72.2. The van der Waals surface area contributed by atoms with E-state index in [9.17, 15) is 77.5 Å². The molecule has 15 N–H and O–H groups in total. The maximum absolute atomic E-state index is 14.5. The minimum Gasteiger partial charge on any atom is -0.780 e. The molecule has 99 heavy (non-hydrogen) atoms. The highest BCUT2D eigenvalue weighted by Crippen LogP contribution is 2.63. The van der Waals surface area contributed by atoms with Gasteiger partial charge in [-0.25, -0.2) is 38.1 Å². The van der Waals surface area contributed by atoms with Crippen LogP contribution in [0.3, 0.4) is 0 Å². The molecule has 4 aliphatic rings. The molecule has 50 nitrogen and oxygen atoms in total. The Hall–Kier alpha value is -6.55. The third kappa shape index (κ3) is 14.5. The molecule has 21 unspecified atom stereocenters. The molecular weight excluding hydrogens is 1460 g/mol. The van der Waals surface area contributed by atoms with E-state index >= 15 is 0 Å². The zero-order chi connectivity index (χ0) is 71.3. The topological polar surface area (TPSA) is 723 Å². The van der Waals surface area contributed by atoms with E-state index < -0.39 is 185 Å². The number of fused-ring (bicyclic) bond motifs is 4. The number of aliphatic hydroxyl groups excluding tert-OH is 4. The molecule has 21 atom stereocenters. The molecule has 0 aromatic carbocycles. The zero-order valence-electron chi connectivity index (χ0n) is 50.1. The van der Waals surface area contributed by atoms with Crippen molar-refractivity contribution in [2.45, 2.75) is 98.2 Å². The summed E-state index contributed by atoms with van der Waals surface area (Å²) in [4.78, 5) is 144. The van der Waals surface area contributed by atoms with Gasteiger partial charge in [-0.3, -0.25) is 65.9 Å². The fourth-order valence-electron chi connectivity index (χ4n) is 11.2. The Morgan fingerprint density at radius 3 is 1.63 bits per heavy atom. The summed E-state index contributed by atoms with van der Waals surface area (Å²) < 4.78 is 133. The summed E-state index contributed by atoms with van der Waals surface area (Å²) in [6, 6.07) is 0. The van der Waals surface area contributed by atoms with Crippen molar-refractivity contribution in [3.63, 3.8) is 0 Å². The Morgan fingerprint density at radius 2 is 1.03 bits per heavy atom. The standard InChI is InChI=1S/C43H57N20O30P5S/c1-59-12-63(33-20(59)36(70)58-43(47)55-33)39-23(66)25(80-2)14(87-39)5-83-95(73,74)92-97(77,78)93-96(75,76)84-6-16-27(28(81-3)40(89-16)60-9-50-17-29(44)48-8-49-30(17)60)91-98(79,99)85-7-15-26(24(67)38(88-15)62-11-52-19-32(62)54-42(46)57-35(19)69)90-94(71,72)82-4-13-21(64)22(65)37(86-13)61-10-51-18-31(61)53-41(45)56-34(18)68/h8-16,21-28,37-40,64-67H,4-7H2,1-3H3,(H15-,44,45,46,47,48,49,53,54,55,56,57,58,68,69,70,71,72,73,74,75,76,77,78,79,99)/p-4. The predicted molar refractivity (Wildman–Crippen MR) is 312 cm³/mol. The quantitative estimate of drug-likeness (QED) is 0.0177. The summed E-state index contributed by atoms with van der Waals surface area (Å²) in [5.41, 5.74) is 19.5. The first-order valence-corrected chi connectivity index (χ1v) is 36.4. The maximum Gasteiger partial charge on any atom is 0.313 e. The number of aliphatic hydroxyl groups is 4. The number of methoxy groups -OCH3 is 2. The van der Waals surface area contributed by atoms with E-state index in [2.05, 4.69) is 63.4 Å². The van der Waals surface area contributed by atoms with Gasteiger partial charge in [-0.2, -0.15) is 9.97 Å². The number of phosphoric ester groups is 3. The van der Waals surface area contributed by atoms with Crippen molar-refractivity contribution in [3.8, 4) is 0 Å². The lowest BCUT2D eigenvalue weighted by Gasteiger charge is -2.36. The van der Waals surface area contributed by atoms with Gasteiger partial charge in [0, 0.05) is 14.2 Å². The van der Waals surface area contributed by atoms with Crippen LogP contribution in [0.5, 0.6) is 0 Å². The smallest absolute Gasteiger partial charge is 0.313 e. The molecule has 0 bridgehead atoms. The highest BCUT2D eigenvalue weighted by atomic mass is 32.5. The molecule has 12 heterocycles. The number of nitrogens with zero attached hydrogens (tertiary/aromatic N) is 13. The second-order valence-corrected chi connectivity index (χ2v) is 30.3. The number of nitrogen functional groups attached to an aromatic ring is 4. The van der Waals surface area contributed by atoms with Crippen LogP contribution in [0.1, 0.15) is 24.9 Å². The zero-order valence-corrected chi connectivity index (χ0v) is 55.4. The van der Waals surface area contributed by atoms with Crippen LogP contribution in [0.4, 0.5) is 23.7 Å². The minimum atomic E-state index is -6.66. The molecule has 0 amide bonds. The van der Waals surface area contributed by atoms with Crippen LogP contribution >= 0.6 is 38.0 Å². The van der Waals surface area contributed by atoms with Gasteiger partial charge >= 0.3 is 5.65 Å². The van der Waals surface area contributed by atoms with Gasteiger partial charge in [0.15, 0.2) is 58.8 Å². The van der Waals surface area contributed by atoms with Gasteiger partial charge in [0.25, 0.3) is 53.9 Å². The molecule has 4 fully saturated rings. The van der Waals surface area contributed by atoms with Crippen LogP contribution in [0.25, 0.3) is 44.7 Å². The number of nitrogens with one attached hydrogen (secondary N) is 3. The van der Waals surface area contributed by atoms with Crippen molar-refractivity contribution in [1.82, 2.24) is 73.1 Å². The highest BCUT2D eigenvalue weighted by molar-refractivity contribution is 8.06. The molecule has 4 saturated heterocycles. The fourth-order valence-corrected chi connectivity index (χ4v) is 17.0. The van der Waals surface area contributed by atoms with Crippen LogP contribution in [0, 0.1) is 0 Å². The molecule has 0 saturated carbocycles. The Bertz CT molecular complexity index is 4850. The summed E-state index contributed by atoms with van der Waals surface area (Å²) in [5, 5.41) is 44.9. The third-order valence-electron chi connectivity index (χ3n) is 15.4. The van der Waals surface area contributed by atoms with Crippen LogP contribution < -0.4 is 68.6 Å². The van der Waals surface area contributed by atoms with Crippen molar-refractivity contribution < 1.29 is 132 Å². The SMILES string of the molecule is COC1C(COP(=O)([O-])OP(=O)([O-])OP(=O)([O-])OCC2OC(n3cnc4c(N)ncnc43)C(OC)C2OP([O-])(=S)OCC2OC(n3cnc4c(=O)[nH]c(N)nc43)C(O)C2OP(=O)([O-])OCC2OC(n3cnc4c(=O)[nH]c(N)nc43)C(O)C2O)OC([n+]2cn(C)c3c(=O)[nH]c(N)nc32)C1O. The molecule has 56 heteroatoms. The van der Waals surface area contributed by atoms with E-state index in [4.69, 9.17) is 90.3 Å². The molecule has 12 rings (SSSR count). The first-order valence-electron chi connectivity index (χ1n) is 28.0. The lowest BCUT2D eigenvalue weighted by Crippen LogP contribution is -2.46. The summed E-state index contributed by atoms with van der Waals surface area (Å²) in [7, 11) is -21.6. The van der Waals surface area contributed by atoms with Crippen LogP contribution in [-0.2, 0) is 101 Å². The molecule has 0 aliphatic carbocycles. The summed E-state index contributed by atoms with van der Waals surface area (Å²) in [6.07, 6.45) is -23.2. The highest BCUT2D eigenvalue weighted by Gasteiger charge is 2.53. The van der Waals surface area contributed by atoms with Gasteiger partial charge in [-0.05, 0) is 0 Å². The van der Waals surface area contributed by atoms with Crippen molar-refractivity contribution in [2.75, 3.05) is 63.6 Å². The third-order valence-corrected chi connectivity index (χ3v) is 22.1. The maximum atomic E-state index is 14.5. The number of aromatic amines is 3. The number of hydrogen-bond donors (Lipinski definition) is 11. The Balaban J connectivity index is 0.742. The number of imidazole rings is 4. The van der Waals surface area contributed by atoms with Gasteiger partial charge in [0.05, 0.1) is 52.5 Å². The van der Waals surface area contributed by atoms with Gasteiger partial charge < -0.3 is 123 Å². The van der Waals surface area contributed by atoms with Crippen LogP contribution in [-0.4, -0.2) is 207 Å². The lowest BCUT2D eigenvalue weighted by atomic mass is 10.1. The molecule has 0 radical (unpaired) electrons. The summed E-state index contributed by atoms with van der Waals surface area (Å²) in [6.45, 7) is -10.2. The average molecular weight is 1520 g/mol. The Morgan fingerprint density at radius 1 is 0.545 bits per heavy atom. The van der Waals surface area contributed by atoms with Crippen molar-refractivity contribution >= 4 is 118 Å². The van der Waals surface area contributed by atoms with Crippen molar-refractivity contribution in [1.29, 1.82) is 0 Å². The van der Waals surface area contributed by atoms with E-state index in [1.807, 2.05) is 0 Å². The van der Waals surface area contributed by atoms with E-state index in [1.54, 1.807) is 0 Å². The van der Waals surface area contributed by atoms with Crippen LogP contribution in [0.2, 0.25) is 0 Å². The molecule has 4 aliphatic heterocycles. The number of H-pyrrole nitrogens is 3. The predicted octanol–water partition coefficient (Wildman–Crippen LogP) is -8.62. The normalized spacial score (nSPS) is 30.5. The summed E-state index contributed by atoms with van der Waals surface area (Å²) >= 11 is 5.27. The Labute approximate surface area is 552 Å². The number of ether oxygens (including phenoxy) is 6. The number of phosphoric acid groups is 4. The monoisotopic (exact) mass is 1520 g/mol. The fraction of sp³-hybridized carbons (Fsp3) is 0.535. The number of aryl methyl sites for hydroxylation is 1. The first-order chi connectivity index (χ1) is 46.6. The van der Waals surface area contributed by atoms with E-state index in [0.717, 1.165) is 53.2 Å². The van der Waals surface area contributed by atoms with Gasteiger partial charge in [0.1, 0.15) is 91.8 Å². The number of aromatic nitrogens is 16. The molecule has 540 valence electrons. The molecule has 8 aromatic rings. The Kier molecular flexibility index (Phi) is 19.9. The molecule has 8 aromatic heterocycles. The van der Waals surface area contributed by atoms with Crippen LogP contribution in [0.15, 0.2) is 46.0 Å². The molecular formula is C43H53N20O30P5S-4. The van der Waals surface area contributed by atoms with E-state index in [-0.39, 0.29) is 62.4 Å². The van der Waals surface area contributed by atoms with E-state index in [1.165, 1.54) is 22.5 Å². The average Bonchev–Trinajstić information content (AvgIpc) is 1.62. The van der Waals surface area contributed by atoms with Crippen molar-refractivity contribution in [2.24, 2.45) is 7.05 Å². The lowest BCUT2D eigenvalue weighted by molar-refractivity contribution is -0.745. The van der Waals surface area contributed by atoms with E-state index in [0.29, 0.717) is 0 Å².